The number of nitrogens with zero attached hydrogens (tertiary/aromatic N) is 3. The normalized spacial score (nSPS) is 16.1. The van der Waals surface area contributed by atoms with Gasteiger partial charge in [0.05, 0.1) is 17.1 Å². The Hall–Kier alpha value is -2.97. The lowest BCUT2D eigenvalue weighted by molar-refractivity contribution is -0.154. The van der Waals surface area contributed by atoms with E-state index >= 15 is 0 Å². The quantitative estimate of drug-likeness (QED) is 0.495. The van der Waals surface area contributed by atoms with Crippen molar-refractivity contribution in [3.8, 4) is 11.4 Å². The summed E-state index contributed by atoms with van der Waals surface area (Å²) in [4.78, 5) is 29.6. The molecule has 2 atom stereocenters. The molecule has 0 unspecified atom stereocenters. The summed E-state index contributed by atoms with van der Waals surface area (Å²) < 4.78 is 9.31. The fourth-order valence-corrected chi connectivity index (χ4v) is 4.75. The molecule has 4 rings (SSSR count). The molecule has 2 aromatic heterocycles. The fourth-order valence-electron chi connectivity index (χ4n) is 4.75. The average molecular weight is 467 g/mol. The molecule has 0 saturated heterocycles. The molecule has 0 radical (unpaired) electrons. The summed E-state index contributed by atoms with van der Waals surface area (Å²) in [6.07, 6.45) is 4.86. The summed E-state index contributed by atoms with van der Waals surface area (Å²) in [5, 5.41) is 13.3. The van der Waals surface area contributed by atoms with Gasteiger partial charge in [0.25, 0.3) is 5.56 Å². The van der Waals surface area contributed by atoms with E-state index in [0.717, 1.165) is 60.2 Å². The maximum Gasteiger partial charge on any atom is 0.326 e. The van der Waals surface area contributed by atoms with E-state index in [-0.39, 0.29) is 11.7 Å². The Morgan fingerprint density at radius 3 is 2.68 bits per heavy atom. The molecule has 1 saturated carbocycles. The van der Waals surface area contributed by atoms with Gasteiger partial charge in [-0.3, -0.25) is 14.9 Å². The van der Waals surface area contributed by atoms with Gasteiger partial charge >= 0.3 is 5.97 Å². The Balaban J connectivity index is 1.56. The van der Waals surface area contributed by atoms with E-state index in [1.807, 2.05) is 37.4 Å². The highest BCUT2D eigenvalue weighted by atomic mass is 16.5. The maximum absolute atomic E-state index is 12.6. The maximum atomic E-state index is 12.6. The molecule has 2 heterocycles. The predicted octanol–water partition coefficient (Wildman–Crippen LogP) is 3.06. The molecule has 0 amide bonds. The average Bonchev–Trinajstić information content (AvgIpc) is 3.44. The number of aliphatic hydroxyl groups is 1. The highest BCUT2D eigenvalue weighted by Crippen LogP contribution is 2.26. The van der Waals surface area contributed by atoms with Crippen LogP contribution in [0.3, 0.4) is 0 Å². The second-order valence-corrected chi connectivity index (χ2v) is 9.27. The van der Waals surface area contributed by atoms with Gasteiger partial charge in [0.1, 0.15) is 18.0 Å². The number of carbonyl (C=O) groups excluding carboxylic acids is 1. The van der Waals surface area contributed by atoms with Crippen LogP contribution in [0.1, 0.15) is 50.7 Å². The molecule has 8 heteroatoms. The van der Waals surface area contributed by atoms with E-state index in [1.165, 1.54) is 0 Å². The first kappa shape index (κ1) is 24.2. The number of hydrogen-bond donors (Lipinski definition) is 2. The van der Waals surface area contributed by atoms with Gasteiger partial charge in [-0.05, 0) is 70.2 Å². The molecule has 34 heavy (non-hydrogen) atoms. The molecule has 8 nitrogen and oxygen atoms in total. The van der Waals surface area contributed by atoms with Crippen molar-refractivity contribution in [1.29, 1.82) is 0 Å². The molecular formula is C26H34N4O4. The minimum atomic E-state index is -0.864. The van der Waals surface area contributed by atoms with E-state index < -0.39 is 18.1 Å². The highest BCUT2D eigenvalue weighted by Gasteiger charge is 2.28. The first-order valence-corrected chi connectivity index (χ1v) is 12.1. The first-order valence-electron chi connectivity index (χ1n) is 12.1. The van der Waals surface area contributed by atoms with Gasteiger partial charge in [-0.15, -0.1) is 0 Å². The summed E-state index contributed by atoms with van der Waals surface area (Å²) in [5.74, 6) is 0.411. The van der Waals surface area contributed by atoms with Gasteiger partial charge in [0.2, 0.25) is 0 Å². The number of aryl methyl sites for hydroxylation is 3. The third-order valence-electron chi connectivity index (χ3n) is 6.60. The third kappa shape index (κ3) is 4.93. The van der Waals surface area contributed by atoms with Gasteiger partial charge in [-0.25, -0.2) is 4.98 Å². The predicted molar refractivity (Wildman–Crippen MR) is 131 cm³/mol. The molecule has 0 aliphatic heterocycles. The van der Waals surface area contributed by atoms with Crippen LogP contribution >= 0.6 is 0 Å². The second kappa shape index (κ2) is 10.1. The summed E-state index contributed by atoms with van der Waals surface area (Å²) in [6, 6.07) is 7.11. The van der Waals surface area contributed by atoms with Crippen LogP contribution < -0.4 is 10.9 Å². The van der Waals surface area contributed by atoms with E-state index in [0.29, 0.717) is 12.1 Å². The molecule has 1 aliphatic carbocycles. The Morgan fingerprint density at radius 2 is 2.03 bits per heavy atom. The number of aliphatic hydroxyl groups excluding tert-OH is 1. The van der Waals surface area contributed by atoms with Crippen LogP contribution in [0.2, 0.25) is 0 Å². The van der Waals surface area contributed by atoms with Gasteiger partial charge in [0.15, 0.2) is 0 Å². The van der Waals surface area contributed by atoms with Crippen molar-refractivity contribution >= 4 is 17.0 Å². The summed E-state index contributed by atoms with van der Waals surface area (Å²) in [6.45, 7) is 6.62. The van der Waals surface area contributed by atoms with Gasteiger partial charge < -0.3 is 19.0 Å². The van der Waals surface area contributed by atoms with Crippen LogP contribution in [-0.4, -0.2) is 43.4 Å². The van der Waals surface area contributed by atoms with Crippen molar-refractivity contribution in [2.24, 2.45) is 7.05 Å². The van der Waals surface area contributed by atoms with Crippen LogP contribution in [-0.2, 0) is 29.7 Å². The molecule has 1 aliphatic rings. The molecule has 1 fully saturated rings. The lowest BCUT2D eigenvalue weighted by atomic mass is 10.1. The van der Waals surface area contributed by atoms with E-state index in [4.69, 9.17) is 9.72 Å². The molecule has 0 bridgehead atoms. The van der Waals surface area contributed by atoms with Crippen LogP contribution in [0.4, 0.5) is 0 Å². The van der Waals surface area contributed by atoms with Crippen molar-refractivity contribution in [3.63, 3.8) is 0 Å². The third-order valence-corrected chi connectivity index (χ3v) is 6.60. The second-order valence-electron chi connectivity index (χ2n) is 9.27. The minimum Gasteiger partial charge on any atom is -0.461 e. The topological polar surface area (TPSA) is 98.4 Å². The molecule has 1 aromatic carbocycles. The lowest BCUT2D eigenvalue weighted by Gasteiger charge is -2.22. The number of ether oxygens (including phenoxy) is 1. The number of esters is 1. The highest BCUT2D eigenvalue weighted by molar-refractivity contribution is 5.81. The van der Waals surface area contributed by atoms with Crippen molar-refractivity contribution in [3.05, 3.63) is 51.9 Å². The number of nitrogens with one attached hydrogen (secondary N) is 1. The zero-order valence-corrected chi connectivity index (χ0v) is 20.4. The van der Waals surface area contributed by atoms with E-state index in [1.54, 1.807) is 18.5 Å². The zero-order valence-electron chi connectivity index (χ0n) is 20.4. The number of hydrogen-bond acceptors (Lipinski definition) is 6. The standard InChI is InChI=1S/C26H34N4O4/c1-5-30-22-11-10-18(14-27-23(17(3)31)26(33)34-20-8-6-7-9-20)13-21(22)28-24(30)19-12-16(2)25(32)29(4)15-19/h10-13,15,17,20,23,27,31H,5-9,14H2,1-4H3/t17-,23+/m1/s1. The van der Waals surface area contributed by atoms with Crippen molar-refractivity contribution < 1.29 is 14.6 Å². The molecule has 182 valence electrons. The number of fused-ring (bicyclic) bond motifs is 1. The first-order chi connectivity index (χ1) is 16.3. The van der Waals surface area contributed by atoms with E-state index in [9.17, 15) is 14.7 Å². The molecule has 2 N–H and O–H groups in total. The number of pyridine rings is 1. The van der Waals surface area contributed by atoms with Crippen molar-refractivity contribution in [2.75, 3.05) is 0 Å². The number of aromatic nitrogens is 3. The van der Waals surface area contributed by atoms with E-state index in [2.05, 4.69) is 16.8 Å². The van der Waals surface area contributed by atoms with Crippen LogP contribution in [0, 0.1) is 6.92 Å². The van der Waals surface area contributed by atoms with Gasteiger partial charge in [-0.1, -0.05) is 6.07 Å². The number of carbonyl (C=O) groups is 1. The number of rotatable bonds is 8. The summed E-state index contributed by atoms with van der Waals surface area (Å²) in [5.41, 5.74) is 4.34. The molecule has 0 spiro atoms. The summed E-state index contributed by atoms with van der Waals surface area (Å²) in [7, 11) is 1.75. The van der Waals surface area contributed by atoms with Crippen molar-refractivity contribution in [1.82, 2.24) is 19.4 Å². The Labute approximate surface area is 199 Å². The fraction of sp³-hybridized carbons (Fsp3) is 0.500. The zero-order chi connectivity index (χ0) is 24.4. The largest absolute Gasteiger partial charge is 0.461 e. The lowest BCUT2D eigenvalue weighted by Crippen LogP contribution is -2.46. The Bertz CT molecular complexity index is 1210. The smallest absolute Gasteiger partial charge is 0.326 e. The SMILES string of the molecule is CCn1c(-c2cc(C)c(=O)n(C)c2)nc2cc(CN[C@H](C(=O)OC3CCCC3)[C@@H](C)O)ccc21. The van der Waals surface area contributed by atoms with Crippen molar-refractivity contribution in [2.45, 2.75) is 77.8 Å². The molecular weight excluding hydrogens is 432 g/mol. The van der Waals surface area contributed by atoms with Crippen LogP contribution in [0.25, 0.3) is 22.4 Å². The summed E-state index contributed by atoms with van der Waals surface area (Å²) >= 11 is 0. The van der Waals surface area contributed by atoms with Gasteiger partial charge in [0, 0.05) is 37.5 Å². The Morgan fingerprint density at radius 1 is 1.29 bits per heavy atom. The van der Waals surface area contributed by atoms with Crippen LogP contribution in [0.5, 0.6) is 0 Å². The van der Waals surface area contributed by atoms with Gasteiger partial charge in [-0.2, -0.15) is 0 Å². The number of imidazole rings is 1. The minimum absolute atomic E-state index is 0.0182. The monoisotopic (exact) mass is 466 g/mol. The number of benzene rings is 1. The Kier molecular flexibility index (Phi) is 7.19. The molecule has 3 aromatic rings. The van der Waals surface area contributed by atoms with Crippen LogP contribution in [0.15, 0.2) is 35.3 Å².